The highest BCUT2D eigenvalue weighted by molar-refractivity contribution is 7.19. The number of nitrogens with two attached hydrogens (primary N) is 1. The molecule has 1 aliphatic carbocycles. The van der Waals surface area contributed by atoms with Crippen LogP contribution in [0.25, 0.3) is 0 Å². The van der Waals surface area contributed by atoms with E-state index in [2.05, 4.69) is 10.6 Å². The Morgan fingerprint density at radius 2 is 2.16 bits per heavy atom. The van der Waals surface area contributed by atoms with E-state index in [1.165, 1.54) is 18.4 Å². The fourth-order valence-electron chi connectivity index (χ4n) is 1.66. The molecule has 0 aliphatic heterocycles. The fourth-order valence-corrected chi connectivity index (χ4v) is 2.75. The highest BCUT2D eigenvalue weighted by Crippen LogP contribution is 2.38. The highest BCUT2D eigenvalue weighted by atomic mass is 32.1. The van der Waals surface area contributed by atoms with E-state index >= 15 is 0 Å². The minimum atomic E-state index is -0.487. The van der Waals surface area contributed by atoms with Gasteiger partial charge in [-0.2, -0.15) is 0 Å². The van der Waals surface area contributed by atoms with Crippen LogP contribution in [0.2, 0.25) is 0 Å². The molecule has 1 fully saturated rings. The Labute approximate surface area is 115 Å². The molecule has 104 valence electrons. The number of thiophene rings is 1. The van der Waals surface area contributed by atoms with E-state index in [1.807, 2.05) is 0 Å². The SMILES string of the molecule is CCOC(=O)c1sc(NC2CC2)c(C(=O)NC)c1N. The lowest BCUT2D eigenvalue weighted by Crippen LogP contribution is -2.20. The molecular formula is C12H17N3O3S. The van der Waals surface area contributed by atoms with Crippen molar-refractivity contribution in [3.05, 3.63) is 10.4 Å². The number of nitrogens with one attached hydrogen (secondary N) is 2. The van der Waals surface area contributed by atoms with Crippen LogP contribution < -0.4 is 16.4 Å². The van der Waals surface area contributed by atoms with Crippen molar-refractivity contribution in [2.45, 2.75) is 25.8 Å². The van der Waals surface area contributed by atoms with Crippen LogP contribution in [0.5, 0.6) is 0 Å². The zero-order chi connectivity index (χ0) is 14.0. The summed E-state index contributed by atoms with van der Waals surface area (Å²) in [6.45, 7) is 2.00. The normalized spacial score (nSPS) is 14.0. The molecule has 1 aliphatic rings. The molecule has 0 bridgehead atoms. The summed E-state index contributed by atoms with van der Waals surface area (Å²) in [5.41, 5.74) is 6.44. The monoisotopic (exact) mass is 283 g/mol. The van der Waals surface area contributed by atoms with Gasteiger partial charge in [0.2, 0.25) is 0 Å². The van der Waals surface area contributed by atoms with Gasteiger partial charge in [0.05, 0.1) is 17.9 Å². The molecule has 7 heteroatoms. The zero-order valence-corrected chi connectivity index (χ0v) is 11.7. The van der Waals surface area contributed by atoms with Crippen LogP contribution in [0.4, 0.5) is 10.7 Å². The third kappa shape index (κ3) is 2.81. The van der Waals surface area contributed by atoms with Crippen molar-refractivity contribution in [2.24, 2.45) is 0 Å². The van der Waals surface area contributed by atoms with Crippen molar-refractivity contribution in [2.75, 3.05) is 24.7 Å². The van der Waals surface area contributed by atoms with E-state index in [0.29, 0.717) is 16.6 Å². The average Bonchev–Trinajstić information content (AvgIpc) is 3.13. The summed E-state index contributed by atoms with van der Waals surface area (Å²) in [7, 11) is 1.53. The lowest BCUT2D eigenvalue weighted by atomic mass is 10.2. The van der Waals surface area contributed by atoms with Gasteiger partial charge >= 0.3 is 5.97 Å². The number of carbonyl (C=O) groups is 2. The van der Waals surface area contributed by atoms with Crippen LogP contribution in [0, 0.1) is 0 Å². The predicted molar refractivity (Wildman–Crippen MR) is 74.7 cm³/mol. The molecular weight excluding hydrogens is 266 g/mol. The first kappa shape index (κ1) is 13.7. The maximum Gasteiger partial charge on any atom is 0.350 e. The number of ether oxygens (including phenoxy) is 1. The second-order valence-corrected chi connectivity index (χ2v) is 5.29. The minimum Gasteiger partial charge on any atom is -0.462 e. The second-order valence-electron chi connectivity index (χ2n) is 4.27. The van der Waals surface area contributed by atoms with Crippen LogP contribution in [0.3, 0.4) is 0 Å². The molecule has 0 atom stereocenters. The smallest absolute Gasteiger partial charge is 0.350 e. The number of nitrogen functional groups attached to an aromatic ring is 1. The Bertz CT molecular complexity index is 509. The quantitative estimate of drug-likeness (QED) is 0.711. The average molecular weight is 283 g/mol. The molecule has 1 aromatic heterocycles. The number of esters is 1. The zero-order valence-electron chi connectivity index (χ0n) is 10.9. The summed E-state index contributed by atoms with van der Waals surface area (Å²) < 4.78 is 4.94. The molecule has 19 heavy (non-hydrogen) atoms. The summed E-state index contributed by atoms with van der Waals surface area (Å²) in [5.74, 6) is -0.786. The number of carbonyl (C=O) groups excluding carboxylic acids is 2. The van der Waals surface area contributed by atoms with Gasteiger partial charge in [0, 0.05) is 13.1 Å². The highest BCUT2D eigenvalue weighted by Gasteiger charge is 2.29. The van der Waals surface area contributed by atoms with Gasteiger partial charge in [0.25, 0.3) is 5.91 Å². The first-order valence-corrected chi connectivity index (χ1v) is 6.98. The first-order valence-electron chi connectivity index (χ1n) is 6.16. The standard InChI is InChI=1S/C12H17N3O3S/c1-3-18-12(17)9-8(13)7(10(16)14-2)11(19-9)15-6-4-5-6/h6,15H,3-5,13H2,1-2H3,(H,14,16). The molecule has 4 N–H and O–H groups in total. The number of hydrogen-bond acceptors (Lipinski definition) is 6. The van der Waals surface area contributed by atoms with E-state index in [1.54, 1.807) is 6.92 Å². The van der Waals surface area contributed by atoms with Crippen molar-refractivity contribution >= 4 is 33.9 Å². The molecule has 1 aromatic rings. The molecule has 2 rings (SSSR count). The Morgan fingerprint density at radius 1 is 1.47 bits per heavy atom. The summed E-state index contributed by atoms with van der Waals surface area (Å²) in [4.78, 5) is 23.9. The third-order valence-electron chi connectivity index (χ3n) is 2.77. The number of amides is 1. The molecule has 6 nitrogen and oxygen atoms in total. The van der Waals surface area contributed by atoms with Gasteiger partial charge in [-0.05, 0) is 19.8 Å². The maximum absolute atomic E-state index is 11.9. The van der Waals surface area contributed by atoms with Crippen LogP contribution in [-0.4, -0.2) is 31.6 Å². The van der Waals surface area contributed by atoms with E-state index in [9.17, 15) is 9.59 Å². The van der Waals surface area contributed by atoms with Crippen LogP contribution in [-0.2, 0) is 4.74 Å². The van der Waals surface area contributed by atoms with E-state index in [-0.39, 0.29) is 23.1 Å². The van der Waals surface area contributed by atoms with E-state index in [4.69, 9.17) is 10.5 Å². The van der Waals surface area contributed by atoms with E-state index < -0.39 is 5.97 Å². The lowest BCUT2D eigenvalue weighted by Gasteiger charge is -2.05. The van der Waals surface area contributed by atoms with Crippen molar-refractivity contribution in [1.29, 1.82) is 0 Å². The molecule has 0 spiro atoms. The molecule has 0 saturated heterocycles. The molecule has 1 saturated carbocycles. The van der Waals surface area contributed by atoms with Crippen LogP contribution >= 0.6 is 11.3 Å². The van der Waals surface area contributed by atoms with Gasteiger partial charge in [0.1, 0.15) is 9.88 Å². The number of anilines is 2. The van der Waals surface area contributed by atoms with Gasteiger partial charge in [-0.3, -0.25) is 4.79 Å². The summed E-state index contributed by atoms with van der Waals surface area (Å²) >= 11 is 1.17. The summed E-state index contributed by atoms with van der Waals surface area (Å²) in [6.07, 6.45) is 2.14. The van der Waals surface area contributed by atoms with E-state index in [0.717, 1.165) is 12.8 Å². The molecule has 0 aromatic carbocycles. The van der Waals surface area contributed by atoms with Crippen molar-refractivity contribution in [3.8, 4) is 0 Å². The van der Waals surface area contributed by atoms with Crippen molar-refractivity contribution in [3.63, 3.8) is 0 Å². The van der Waals surface area contributed by atoms with Gasteiger partial charge in [0.15, 0.2) is 0 Å². The van der Waals surface area contributed by atoms with Gasteiger partial charge < -0.3 is 21.1 Å². The largest absolute Gasteiger partial charge is 0.462 e. The van der Waals surface area contributed by atoms with Gasteiger partial charge in [-0.15, -0.1) is 11.3 Å². The van der Waals surface area contributed by atoms with Gasteiger partial charge in [-0.1, -0.05) is 0 Å². The molecule has 1 heterocycles. The molecule has 1 amide bonds. The summed E-state index contributed by atoms with van der Waals surface area (Å²) in [6, 6.07) is 0.372. The maximum atomic E-state index is 11.9. The second kappa shape index (κ2) is 5.48. The first-order chi connectivity index (χ1) is 9.08. The summed E-state index contributed by atoms with van der Waals surface area (Å²) in [5, 5.41) is 6.40. The number of hydrogen-bond donors (Lipinski definition) is 3. The fraction of sp³-hybridized carbons (Fsp3) is 0.500. The van der Waals surface area contributed by atoms with Gasteiger partial charge in [-0.25, -0.2) is 4.79 Å². The Hall–Kier alpha value is -1.76. The Morgan fingerprint density at radius 3 is 2.68 bits per heavy atom. The third-order valence-corrected chi connectivity index (χ3v) is 3.89. The minimum absolute atomic E-state index is 0.186. The van der Waals surface area contributed by atoms with Crippen molar-refractivity contribution < 1.29 is 14.3 Å². The molecule has 0 radical (unpaired) electrons. The Balaban J connectivity index is 2.36. The Kier molecular flexibility index (Phi) is 3.94. The van der Waals surface area contributed by atoms with Crippen LogP contribution in [0.1, 0.15) is 39.8 Å². The van der Waals surface area contributed by atoms with Crippen molar-refractivity contribution in [1.82, 2.24) is 5.32 Å². The topological polar surface area (TPSA) is 93.4 Å². The molecule has 0 unspecified atom stereocenters. The van der Waals surface area contributed by atoms with Crippen LogP contribution in [0.15, 0.2) is 0 Å². The predicted octanol–water partition coefficient (Wildman–Crippen LogP) is 1.44. The number of rotatable bonds is 5. The lowest BCUT2D eigenvalue weighted by molar-refractivity contribution is 0.0533.